The van der Waals surface area contributed by atoms with Crippen LogP contribution in [0.2, 0.25) is 0 Å². The molecule has 0 amide bonds. The summed E-state index contributed by atoms with van der Waals surface area (Å²) in [5.74, 6) is 3.07. The van der Waals surface area contributed by atoms with Gasteiger partial charge in [-0.25, -0.2) is 0 Å². The number of hydrogen-bond donors (Lipinski definition) is 0. The molecule has 0 unspecified atom stereocenters. The van der Waals surface area contributed by atoms with Gasteiger partial charge >= 0.3 is 0 Å². The van der Waals surface area contributed by atoms with Crippen LogP contribution in [0.15, 0.2) is 109 Å². The Hall–Kier alpha value is -5.82. The van der Waals surface area contributed by atoms with Crippen LogP contribution in [-0.2, 0) is 16.2 Å². The molecule has 4 aliphatic heterocycles. The number of fused-ring (bicyclic) bond motifs is 6. The molecule has 6 aromatic rings. The summed E-state index contributed by atoms with van der Waals surface area (Å²) in [7, 11) is 0. The number of hydrogen-bond acceptors (Lipinski definition) is 6. The highest BCUT2D eigenvalue weighted by atomic mass is 16.6. The quantitative estimate of drug-likeness (QED) is 0.166. The van der Waals surface area contributed by atoms with Crippen molar-refractivity contribution in [3.05, 3.63) is 126 Å². The normalized spacial score (nSPS) is 15.4. The lowest BCUT2D eigenvalue weighted by Gasteiger charge is -2.46. The van der Waals surface area contributed by atoms with Gasteiger partial charge in [-0.15, -0.1) is 0 Å². The summed E-state index contributed by atoms with van der Waals surface area (Å²) < 4.78 is 25.0. The van der Waals surface area contributed by atoms with Crippen LogP contribution in [-0.4, -0.2) is 33.1 Å². The summed E-state index contributed by atoms with van der Waals surface area (Å²) in [6.45, 7) is 22.8. The zero-order chi connectivity index (χ0) is 41.0. The molecule has 7 heteroatoms. The third-order valence-corrected chi connectivity index (χ3v) is 12.4. The zero-order valence-corrected chi connectivity index (χ0v) is 35.8. The highest BCUT2D eigenvalue weighted by Gasteiger charge is 2.46. The van der Waals surface area contributed by atoms with Crippen molar-refractivity contribution in [2.24, 2.45) is 0 Å². The lowest BCUT2D eigenvalue weighted by molar-refractivity contribution is 0.171. The van der Waals surface area contributed by atoms with Gasteiger partial charge in [-0.2, -0.15) is 0 Å². The van der Waals surface area contributed by atoms with Crippen LogP contribution < -0.4 is 45.1 Å². The molecule has 298 valence electrons. The number of benzene rings is 6. The van der Waals surface area contributed by atoms with Crippen LogP contribution >= 0.6 is 0 Å². The van der Waals surface area contributed by atoms with E-state index in [1.54, 1.807) is 0 Å². The van der Waals surface area contributed by atoms with Gasteiger partial charge in [0.05, 0.1) is 11.4 Å². The molecule has 6 nitrogen and oxygen atoms in total. The van der Waals surface area contributed by atoms with E-state index in [1.807, 2.05) is 6.07 Å². The van der Waals surface area contributed by atoms with Crippen molar-refractivity contribution in [2.45, 2.75) is 78.6 Å². The Morgan fingerprint density at radius 3 is 1.61 bits per heavy atom. The van der Waals surface area contributed by atoms with Gasteiger partial charge in [0.1, 0.15) is 26.4 Å². The van der Waals surface area contributed by atoms with Gasteiger partial charge < -0.3 is 28.7 Å². The monoisotopic (exact) mass is 780 g/mol. The van der Waals surface area contributed by atoms with Crippen LogP contribution in [0.3, 0.4) is 0 Å². The molecule has 0 fully saturated rings. The fraction of sp³-hybridized carbons (Fsp3) is 0.308. The van der Waals surface area contributed by atoms with E-state index < -0.39 is 0 Å². The van der Waals surface area contributed by atoms with Crippen LogP contribution in [0.5, 0.6) is 23.0 Å². The molecule has 0 spiro atoms. The van der Waals surface area contributed by atoms with Crippen molar-refractivity contribution in [2.75, 3.05) is 36.2 Å². The Morgan fingerprint density at radius 2 is 0.966 bits per heavy atom. The Bertz CT molecular complexity index is 2650. The van der Waals surface area contributed by atoms with Crippen molar-refractivity contribution in [3.63, 3.8) is 0 Å². The Balaban J connectivity index is 1.34. The second kappa shape index (κ2) is 13.4. The lowest BCUT2D eigenvalue weighted by atomic mass is 9.33. The molecule has 0 radical (unpaired) electrons. The molecule has 0 saturated heterocycles. The van der Waals surface area contributed by atoms with Gasteiger partial charge in [0.25, 0.3) is 6.71 Å². The number of ether oxygens (including phenoxy) is 4. The second-order valence-corrected chi connectivity index (χ2v) is 19.5. The van der Waals surface area contributed by atoms with Crippen molar-refractivity contribution in [1.29, 1.82) is 0 Å². The van der Waals surface area contributed by atoms with Gasteiger partial charge in [0.2, 0.25) is 0 Å². The van der Waals surface area contributed by atoms with Crippen LogP contribution in [0.25, 0.3) is 11.1 Å². The predicted octanol–water partition coefficient (Wildman–Crippen LogP) is 10.9. The van der Waals surface area contributed by atoms with Gasteiger partial charge in [-0.1, -0.05) is 111 Å². The molecule has 0 aromatic heterocycles. The molecule has 0 bridgehead atoms. The van der Waals surface area contributed by atoms with E-state index >= 15 is 0 Å². The van der Waals surface area contributed by atoms with Crippen molar-refractivity contribution >= 4 is 57.2 Å². The minimum absolute atomic E-state index is 0.0291. The molecule has 59 heavy (non-hydrogen) atoms. The molecule has 0 atom stereocenters. The van der Waals surface area contributed by atoms with Gasteiger partial charge in [-0.05, 0) is 103 Å². The Kier molecular flexibility index (Phi) is 8.48. The first kappa shape index (κ1) is 37.5. The molecule has 10 rings (SSSR count). The van der Waals surface area contributed by atoms with Crippen molar-refractivity contribution in [1.82, 2.24) is 0 Å². The number of rotatable bonds is 3. The summed E-state index contributed by atoms with van der Waals surface area (Å²) in [6, 6.07) is 40.9. The first-order valence-electron chi connectivity index (χ1n) is 21.1. The lowest BCUT2D eigenvalue weighted by Crippen LogP contribution is -2.61. The maximum atomic E-state index is 6.37. The number of anilines is 6. The summed E-state index contributed by atoms with van der Waals surface area (Å²) >= 11 is 0. The molecular weight excluding hydrogens is 727 g/mol. The summed E-state index contributed by atoms with van der Waals surface area (Å²) in [6.07, 6.45) is 0. The molecular formula is C52H53BN2O4. The molecule has 0 aliphatic carbocycles. The zero-order valence-electron chi connectivity index (χ0n) is 35.8. The van der Waals surface area contributed by atoms with Crippen molar-refractivity contribution in [3.8, 4) is 34.1 Å². The number of nitrogens with zero attached hydrogens (tertiary/aromatic N) is 2. The highest BCUT2D eigenvalue weighted by molar-refractivity contribution is 7.00. The predicted molar refractivity (Wildman–Crippen MR) is 244 cm³/mol. The molecule has 4 heterocycles. The molecule has 0 N–H and O–H groups in total. The Labute approximate surface area is 349 Å². The average Bonchev–Trinajstić information content (AvgIpc) is 3.21. The minimum Gasteiger partial charge on any atom is -0.486 e. The molecule has 6 aromatic carbocycles. The topological polar surface area (TPSA) is 43.4 Å². The van der Waals surface area contributed by atoms with Crippen LogP contribution in [0, 0.1) is 0 Å². The average molecular weight is 781 g/mol. The van der Waals surface area contributed by atoms with E-state index in [4.69, 9.17) is 18.9 Å². The second-order valence-electron chi connectivity index (χ2n) is 19.5. The van der Waals surface area contributed by atoms with Gasteiger partial charge in [0, 0.05) is 40.4 Å². The van der Waals surface area contributed by atoms with Crippen molar-refractivity contribution < 1.29 is 18.9 Å². The first-order chi connectivity index (χ1) is 28.1. The smallest absolute Gasteiger partial charge is 0.252 e. The van der Waals surface area contributed by atoms with Gasteiger partial charge in [-0.3, -0.25) is 0 Å². The standard InChI is InChI=1S/C52H53BN2O4/c1-50(2,3)33-15-18-40(37(25-33)32-13-11-10-12-14-32)55-41-19-16-34(51(4,5)6)26-38(41)53-39-30-47-48(59-24-23-58-47)31-42(39)54(36-17-20-45-46(29-36)57-22-21-56-45)43-27-35(52(7,8)9)28-44(55)49(43)53/h10-20,25-31H,21-24H2,1-9H3. The van der Waals surface area contributed by atoms with Gasteiger partial charge in [0.15, 0.2) is 23.0 Å². The minimum atomic E-state index is -0.160. The third kappa shape index (κ3) is 6.24. The third-order valence-electron chi connectivity index (χ3n) is 12.4. The van der Waals surface area contributed by atoms with E-state index in [2.05, 4.69) is 175 Å². The van der Waals surface area contributed by atoms with E-state index in [9.17, 15) is 0 Å². The van der Waals surface area contributed by atoms with E-state index in [1.165, 1.54) is 55.6 Å². The van der Waals surface area contributed by atoms with E-state index in [0.29, 0.717) is 26.4 Å². The maximum Gasteiger partial charge on any atom is 0.252 e. The first-order valence-corrected chi connectivity index (χ1v) is 21.1. The molecule has 4 aliphatic rings. The Morgan fingerprint density at radius 1 is 0.424 bits per heavy atom. The van der Waals surface area contributed by atoms with E-state index in [0.717, 1.165) is 45.7 Å². The highest BCUT2D eigenvalue weighted by Crippen LogP contribution is 2.51. The fourth-order valence-electron chi connectivity index (χ4n) is 9.19. The van der Waals surface area contributed by atoms with Crippen LogP contribution in [0.4, 0.5) is 34.1 Å². The SMILES string of the molecule is CC(C)(C)c1ccc2c(c1)B1c3cc4c(cc3N(c3ccc5c(c3)OCCO5)c3cc(C(C)(C)C)cc(c31)N2c1ccc(C(C)(C)C)cc1-c1ccccc1)OCCO4. The van der Waals surface area contributed by atoms with E-state index in [-0.39, 0.29) is 23.0 Å². The largest absolute Gasteiger partial charge is 0.486 e. The summed E-state index contributed by atoms with van der Waals surface area (Å²) in [5.41, 5.74) is 16.4. The maximum absolute atomic E-state index is 6.37. The fourth-order valence-corrected chi connectivity index (χ4v) is 9.19. The molecule has 0 saturated carbocycles. The van der Waals surface area contributed by atoms with Crippen LogP contribution in [0.1, 0.15) is 79.0 Å². The summed E-state index contributed by atoms with van der Waals surface area (Å²) in [5, 5.41) is 0. The summed E-state index contributed by atoms with van der Waals surface area (Å²) in [4.78, 5) is 4.99.